The Morgan fingerprint density at radius 3 is 2.60 bits per heavy atom. The fourth-order valence-electron chi connectivity index (χ4n) is 2.39. The lowest BCUT2D eigenvalue weighted by Crippen LogP contribution is -2.53. The fraction of sp³-hybridized carbons (Fsp3) is 0.562. The van der Waals surface area contributed by atoms with Crippen LogP contribution in [0.5, 0.6) is 0 Å². The zero-order valence-electron chi connectivity index (χ0n) is 14.2. The lowest BCUT2D eigenvalue weighted by atomic mass is 9.96. The average molecular weight is 372 g/mol. The lowest BCUT2D eigenvalue weighted by Gasteiger charge is -2.26. The Bertz CT molecular complexity index is 694. The van der Waals surface area contributed by atoms with Crippen molar-refractivity contribution in [2.45, 2.75) is 36.9 Å². The second-order valence-electron chi connectivity index (χ2n) is 6.39. The van der Waals surface area contributed by atoms with E-state index in [2.05, 4.69) is 10.0 Å². The van der Waals surface area contributed by atoms with E-state index in [1.54, 1.807) is 30.3 Å². The number of carbonyl (C=O) groups excluding carboxylic acids is 1. The summed E-state index contributed by atoms with van der Waals surface area (Å²) < 4.78 is 31.2. The zero-order chi connectivity index (χ0) is 18.7. The minimum atomic E-state index is -3.50. The standard InChI is InChI=1S/C16H24N2O6S/c1-11(2)25(22,23)18-8-13-14(19)16(21,10-24-13)9-17-15(20)12-6-4-3-5-7-12/h3-7,11,13-14,18-19,21H,8-10H2,1-2H3,(H,17,20)/t13-,14-,16+/m1/s1. The summed E-state index contributed by atoms with van der Waals surface area (Å²) in [6.07, 6.45) is -2.23. The van der Waals surface area contributed by atoms with Crippen LogP contribution in [0.4, 0.5) is 0 Å². The molecule has 0 aromatic heterocycles. The molecule has 25 heavy (non-hydrogen) atoms. The number of aliphatic hydroxyl groups excluding tert-OH is 1. The van der Waals surface area contributed by atoms with Crippen LogP contribution in [0.15, 0.2) is 30.3 Å². The number of carbonyl (C=O) groups is 1. The first-order valence-corrected chi connectivity index (χ1v) is 9.54. The summed E-state index contributed by atoms with van der Waals surface area (Å²) in [6, 6.07) is 8.47. The molecular weight excluding hydrogens is 348 g/mol. The maximum Gasteiger partial charge on any atom is 0.251 e. The van der Waals surface area contributed by atoms with E-state index in [0.29, 0.717) is 5.56 Å². The average Bonchev–Trinajstić information content (AvgIpc) is 2.87. The normalized spacial score (nSPS) is 26.8. The van der Waals surface area contributed by atoms with Gasteiger partial charge in [0, 0.05) is 12.1 Å². The molecule has 1 aromatic rings. The summed E-state index contributed by atoms with van der Waals surface area (Å²) >= 11 is 0. The molecule has 2 rings (SSSR count). The van der Waals surface area contributed by atoms with Crippen LogP contribution in [0.3, 0.4) is 0 Å². The van der Waals surface area contributed by atoms with E-state index in [1.165, 1.54) is 13.8 Å². The number of hydrogen-bond acceptors (Lipinski definition) is 6. The molecule has 1 aliphatic heterocycles. The highest BCUT2D eigenvalue weighted by atomic mass is 32.2. The molecule has 1 amide bonds. The second-order valence-corrected chi connectivity index (χ2v) is 8.71. The molecule has 0 unspecified atom stereocenters. The summed E-state index contributed by atoms with van der Waals surface area (Å²) in [7, 11) is -3.50. The number of sulfonamides is 1. The summed E-state index contributed by atoms with van der Waals surface area (Å²) in [5.41, 5.74) is -1.25. The van der Waals surface area contributed by atoms with Crippen LogP contribution in [-0.2, 0) is 14.8 Å². The minimum Gasteiger partial charge on any atom is -0.387 e. The molecule has 0 radical (unpaired) electrons. The van der Waals surface area contributed by atoms with Crippen LogP contribution in [0.1, 0.15) is 24.2 Å². The van der Waals surface area contributed by atoms with Crippen molar-refractivity contribution in [3.63, 3.8) is 0 Å². The molecule has 1 aromatic carbocycles. The third-order valence-electron chi connectivity index (χ3n) is 4.15. The smallest absolute Gasteiger partial charge is 0.251 e. The molecule has 8 nitrogen and oxygen atoms in total. The van der Waals surface area contributed by atoms with Crippen LogP contribution in [0, 0.1) is 0 Å². The van der Waals surface area contributed by atoms with E-state index >= 15 is 0 Å². The van der Waals surface area contributed by atoms with Gasteiger partial charge in [-0.1, -0.05) is 18.2 Å². The van der Waals surface area contributed by atoms with Gasteiger partial charge in [-0.05, 0) is 26.0 Å². The van der Waals surface area contributed by atoms with Crippen molar-refractivity contribution in [2.75, 3.05) is 19.7 Å². The van der Waals surface area contributed by atoms with Crippen molar-refractivity contribution in [1.82, 2.24) is 10.0 Å². The van der Waals surface area contributed by atoms with E-state index in [0.717, 1.165) is 0 Å². The van der Waals surface area contributed by atoms with E-state index in [4.69, 9.17) is 4.74 Å². The zero-order valence-corrected chi connectivity index (χ0v) is 15.0. The third-order valence-corrected chi connectivity index (χ3v) is 5.96. The van der Waals surface area contributed by atoms with Gasteiger partial charge in [0.05, 0.1) is 24.5 Å². The molecule has 9 heteroatoms. The van der Waals surface area contributed by atoms with Gasteiger partial charge in [-0.15, -0.1) is 0 Å². The molecule has 0 saturated carbocycles. The van der Waals surface area contributed by atoms with E-state index in [9.17, 15) is 23.4 Å². The Morgan fingerprint density at radius 1 is 1.36 bits per heavy atom. The molecule has 0 bridgehead atoms. The minimum absolute atomic E-state index is 0.156. The van der Waals surface area contributed by atoms with Gasteiger partial charge >= 0.3 is 0 Å². The highest BCUT2D eigenvalue weighted by molar-refractivity contribution is 7.90. The Labute approximate surface area is 147 Å². The maximum atomic E-state index is 12.0. The first kappa shape index (κ1) is 19.8. The van der Waals surface area contributed by atoms with Crippen LogP contribution >= 0.6 is 0 Å². The van der Waals surface area contributed by atoms with Gasteiger partial charge in [0.15, 0.2) is 0 Å². The molecule has 1 heterocycles. The topological polar surface area (TPSA) is 125 Å². The number of benzene rings is 1. The number of amides is 1. The highest BCUT2D eigenvalue weighted by Crippen LogP contribution is 2.24. The molecule has 140 valence electrons. The predicted octanol–water partition coefficient (Wildman–Crippen LogP) is -0.765. The maximum absolute atomic E-state index is 12.0. The quantitative estimate of drug-likeness (QED) is 0.498. The molecule has 3 atom stereocenters. The Hall–Kier alpha value is -1.52. The molecule has 1 aliphatic rings. The van der Waals surface area contributed by atoms with E-state index in [1.807, 2.05) is 0 Å². The summed E-state index contributed by atoms with van der Waals surface area (Å²) in [4.78, 5) is 12.0. The van der Waals surface area contributed by atoms with Crippen molar-refractivity contribution in [2.24, 2.45) is 0 Å². The molecular formula is C16H24N2O6S. The number of rotatable bonds is 7. The third kappa shape index (κ3) is 4.77. The summed E-state index contributed by atoms with van der Waals surface area (Å²) in [5, 5.41) is 22.7. The van der Waals surface area contributed by atoms with Gasteiger partial charge < -0.3 is 20.3 Å². The summed E-state index contributed by atoms with van der Waals surface area (Å²) in [6.45, 7) is 2.48. The Morgan fingerprint density at radius 2 is 2.00 bits per heavy atom. The number of hydrogen-bond donors (Lipinski definition) is 4. The molecule has 4 N–H and O–H groups in total. The first-order chi connectivity index (χ1) is 11.7. The molecule has 1 fully saturated rings. The van der Waals surface area contributed by atoms with Gasteiger partial charge in [0.25, 0.3) is 5.91 Å². The lowest BCUT2D eigenvalue weighted by molar-refractivity contribution is -0.0462. The van der Waals surface area contributed by atoms with Gasteiger partial charge in [-0.25, -0.2) is 13.1 Å². The largest absolute Gasteiger partial charge is 0.387 e. The SMILES string of the molecule is CC(C)S(=O)(=O)NC[C@H]1OC[C@@](O)(CNC(=O)c2ccccc2)[C@@H]1O. The second kappa shape index (κ2) is 7.79. The Balaban J connectivity index is 1.91. The predicted molar refractivity (Wildman–Crippen MR) is 91.5 cm³/mol. The van der Waals surface area contributed by atoms with Gasteiger partial charge in [-0.2, -0.15) is 0 Å². The number of nitrogens with one attached hydrogen (secondary N) is 2. The van der Waals surface area contributed by atoms with Crippen molar-refractivity contribution in [3.05, 3.63) is 35.9 Å². The van der Waals surface area contributed by atoms with Gasteiger partial charge in [-0.3, -0.25) is 4.79 Å². The highest BCUT2D eigenvalue weighted by Gasteiger charge is 2.48. The van der Waals surface area contributed by atoms with Gasteiger partial charge in [0.1, 0.15) is 11.7 Å². The van der Waals surface area contributed by atoms with Crippen molar-refractivity contribution >= 4 is 15.9 Å². The van der Waals surface area contributed by atoms with Crippen molar-refractivity contribution < 1.29 is 28.2 Å². The molecule has 0 spiro atoms. The van der Waals surface area contributed by atoms with Crippen LogP contribution < -0.4 is 10.0 Å². The van der Waals surface area contributed by atoms with Gasteiger partial charge in [0.2, 0.25) is 10.0 Å². The fourth-order valence-corrected chi connectivity index (χ4v) is 3.12. The molecule has 1 saturated heterocycles. The van der Waals surface area contributed by atoms with E-state index < -0.39 is 33.1 Å². The van der Waals surface area contributed by atoms with Crippen LogP contribution in [0.2, 0.25) is 0 Å². The van der Waals surface area contributed by atoms with Crippen LogP contribution in [-0.4, -0.2) is 67.3 Å². The Kier molecular flexibility index (Phi) is 6.17. The van der Waals surface area contributed by atoms with Crippen LogP contribution in [0.25, 0.3) is 0 Å². The number of ether oxygens (including phenoxy) is 1. The van der Waals surface area contributed by atoms with Crippen molar-refractivity contribution in [3.8, 4) is 0 Å². The molecule has 0 aliphatic carbocycles. The monoisotopic (exact) mass is 372 g/mol. The summed E-state index contributed by atoms with van der Waals surface area (Å²) in [5.74, 6) is -0.384. The van der Waals surface area contributed by atoms with E-state index in [-0.39, 0.29) is 25.6 Å². The first-order valence-electron chi connectivity index (χ1n) is 7.99. The number of aliphatic hydroxyl groups is 2. The van der Waals surface area contributed by atoms with Crippen molar-refractivity contribution in [1.29, 1.82) is 0 Å².